The predicted molar refractivity (Wildman–Crippen MR) is 100 cm³/mol. The quantitative estimate of drug-likeness (QED) is 0.257. The van der Waals surface area contributed by atoms with Gasteiger partial charge in [0.1, 0.15) is 6.29 Å². The number of carbonyl (C=O) groups is 1. The van der Waals surface area contributed by atoms with Crippen LogP contribution in [-0.2, 0) is 14.1 Å². The van der Waals surface area contributed by atoms with Crippen molar-refractivity contribution in [3.8, 4) is 0 Å². The standard InChI is InChI=1S/C14H21ClN7O3P/c1-7(4-23)21-26-24-5-8-3-9(15)13(25-8)22-6-18-10-11(17-2)19-14(16)20-12(10)22/h4,6-9,13,21,26H,3,5H2,1-2H3,(H3,16,17,19,20). The van der Waals surface area contributed by atoms with Gasteiger partial charge in [0.2, 0.25) is 5.95 Å². The number of halogens is 1. The summed E-state index contributed by atoms with van der Waals surface area (Å²) in [5.41, 5.74) is 6.94. The highest BCUT2D eigenvalue weighted by Crippen LogP contribution is 2.36. The number of fused-ring (bicyclic) bond motifs is 1. The second-order valence-corrected chi connectivity index (χ2v) is 7.23. The van der Waals surface area contributed by atoms with Crippen LogP contribution in [0.2, 0.25) is 0 Å². The van der Waals surface area contributed by atoms with Gasteiger partial charge < -0.3 is 25.1 Å². The number of hydrogen-bond acceptors (Lipinski definition) is 9. The number of alkyl halides is 1. The van der Waals surface area contributed by atoms with Crippen LogP contribution in [0.25, 0.3) is 11.2 Å². The molecular weight excluding hydrogens is 381 g/mol. The van der Waals surface area contributed by atoms with Crippen molar-refractivity contribution in [1.82, 2.24) is 24.6 Å². The third kappa shape index (κ3) is 4.05. The molecule has 1 aliphatic rings. The summed E-state index contributed by atoms with van der Waals surface area (Å²) in [7, 11) is 1.76. The summed E-state index contributed by atoms with van der Waals surface area (Å²) in [5, 5.41) is 5.63. The molecule has 0 bridgehead atoms. The Labute approximate surface area is 157 Å². The minimum Gasteiger partial charge on any atom is -0.371 e. The Morgan fingerprint density at radius 1 is 1.62 bits per heavy atom. The highest BCUT2D eigenvalue weighted by Gasteiger charge is 2.36. The first kappa shape index (κ1) is 19.2. The van der Waals surface area contributed by atoms with E-state index in [1.807, 2.05) is 0 Å². The molecule has 2 aromatic heterocycles. The Balaban J connectivity index is 1.68. The molecule has 5 atom stereocenters. The van der Waals surface area contributed by atoms with Crippen LogP contribution in [-0.4, -0.2) is 57.0 Å². The van der Waals surface area contributed by atoms with E-state index in [0.29, 0.717) is 30.0 Å². The molecule has 0 saturated carbocycles. The molecule has 1 fully saturated rings. The van der Waals surface area contributed by atoms with Crippen LogP contribution in [0.5, 0.6) is 0 Å². The molecule has 142 valence electrons. The van der Waals surface area contributed by atoms with Crippen molar-refractivity contribution in [2.24, 2.45) is 0 Å². The first-order valence-corrected chi connectivity index (χ1v) is 9.43. The lowest BCUT2D eigenvalue weighted by molar-refractivity contribution is -0.108. The second kappa shape index (κ2) is 8.41. The Bertz CT molecular complexity index is 776. The van der Waals surface area contributed by atoms with Crippen molar-refractivity contribution < 1.29 is 14.1 Å². The van der Waals surface area contributed by atoms with Gasteiger partial charge in [0, 0.05) is 7.05 Å². The van der Waals surface area contributed by atoms with Gasteiger partial charge in [-0.25, -0.2) is 4.98 Å². The molecule has 0 aliphatic carbocycles. The highest BCUT2D eigenvalue weighted by molar-refractivity contribution is 7.29. The number of nitrogens with zero attached hydrogens (tertiary/aromatic N) is 4. The smallest absolute Gasteiger partial charge is 0.224 e. The molecule has 4 N–H and O–H groups in total. The summed E-state index contributed by atoms with van der Waals surface area (Å²) >= 11 is 6.48. The molecule has 12 heteroatoms. The maximum Gasteiger partial charge on any atom is 0.224 e. The topological polar surface area (TPSA) is 129 Å². The third-order valence-electron chi connectivity index (χ3n) is 3.91. The number of nitrogen functional groups attached to an aromatic ring is 1. The summed E-state index contributed by atoms with van der Waals surface area (Å²) in [6.45, 7) is 2.14. The fourth-order valence-electron chi connectivity index (χ4n) is 2.65. The van der Waals surface area contributed by atoms with E-state index in [1.165, 1.54) is 0 Å². The Hall–Kier alpha value is -1.58. The van der Waals surface area contributed by atoms with Crippen LogP contribution in [0.3, 0.4) is 0 Å². The fourth-order valence-corrected chi connectivity index (χ4v) is 3.64. The van der Waals surface area contributed by atoms with Gasteiger partial charge in [-0.05, 0) is 13.3 Å². The van der Waals surface area contributed by atoms with Crippen LogP contribution in [0.15, 0.2) is 6.33 Å². The fraction of sp³-hybridized carbons (Fsp3) is 0.571. The molecule has 0 spiro atoms. The number of hydrogen-bond donors (Lipinski definition) is 3. The highest BCUT2D eigenvalue weighted by atomic mass is 35.5. The van der Waals surface area contributed by atoms with Gasteiger partial charge in [0.15, 0.2) is 23.2 Å². The third-order valence-corrected chi connectivity index (χ3v) is 5.19. The summed E-state index contributed by atoms with van der Waals surface area (Å²) < 4.78 is 13.3. The van der Waals surface area contributed by atoms with Crippen LogP contribution in [0.1, 0.15) is 19.6 Å². The Morgan fingerprint density at radius 2 is 2.42 bits per heavy atom. The zero-order valence-corrected chi connectivity index (χ0v) is 16.1. The van der Waals surface area contributed by atoms with Gasteiger partial charge in [-0.2, -0.15) is 9.97 Å². The second-order valence-electron chi connectivity index (χ2n) is 5.89. The van der Waals surface area contributed by atoms with E-state index in [0.717, 1.165) is 6.29 Å². The van der Waals surface area contributed by atoms with E-state index < -0.39 is 6.23 Å². The predicted octanol–water partition coefficient (Wildman–Crippen LogP) is 1.05. The largest absolute Gasteiger partial charge is 0.371 e. The molecule has 1 saturated heterocycles. The number of rotatable bonds is 8. The van der Waals surface area contributed by atoms with Crippen molar-refractivity contribution in [1.29, 1.82) is 0 Å². The first-order valence-electron chi connectivity index (χ1n) is 8.08. The van der Waals surface area contributed by atoms with Gasteiger partial charge >= 0.3 is 0 Å². The number of ether oxygens (including phenoxy) is 1. The van der Waals surface area contributed by atoms with Gasteiger partial charge in [-0.3, -0.25) is 9.65 Å². The van der Waals surface area contributed by atoms with Crippen molar-refractivity contribution in [2.75, 3.05) is 24.7 Å². The zero-order valence-electron chi connectivity index (χ0n) is 14.3. The van der Waals surface area contributed by atoms with Gasteiger partial charge in [-0.1, -0.05) is 0 Å². The van der Waals surface area contributed by atoms with E-state index in [2.05, 4.69) is 25.4 Å². The monoisotopic (exact) mass is 401 g/mol. The molecule has 1 aliphatic heterocycles. The number of aromatic nitrogens is 4. The lowest BCUT2D eigenvalue weighted by Gasteiger charge is -2.17. The average Bonchev–Trinajstić information content (AvgIpc) is 3.20. The van der Waals surface area contributed by atoms with E-state index in [-0.39, 0.29) is 32.4 Å². The SMILES string of the molecule is CNc1nc(N)nc2c1ncn2C1OC(COPNC(C)C=O)CC1Cl. The number of imidazole rings is 1. The number of carbonyl (C=O) groups excluding carboxylic acids is 1. The van der Waals surface area contributed by atoms with Crippen LogP contribution in [0, 0.1) is 0 Å². The molecular formula is C14H21ClN7O3P. The number of aldehydes is 1. The molecule has 10 nitrogen and oxygen atoms in total. The molecule has 3 heterocycles. The Kier molecular flexibility index (Phi) is 6.20. The number of anilines is 2. The number of nitrogens with two attached hydrogens (primary N) is 1. The minimum absolute atomic E-state index is 0.0150. The molecule has 2 aromatic rings. The Morgan fingerprint density at radius 3 is 3.15 bits per heavy atom. The number of nitrogens with one attached hydrogen (secondary N) is 2. The maximum absolute atomic E-state index is 10.6. The summed E-state index contributed by atoms with van der Waals surface area (Å²) in [6.07, 6.45) is 2.48. The minimum atomic E-state index is -0.431. The van der Waals surface area contributed by atoms with E-state index in [1.54, 1.807) is 24.9 Å². The van der Waals surface area contributed by atoms with Gasteiger partial charge in [0.05, 0.1) is 39.4 Å². The molecule has 5 unspecified atom stereocenters. The average molecular weight is 402 g/mol. The maximum atomic E-state index is 10.6. The molecule has 0 amide bonds. The lowest BCUT2D eigenvalue weighted by Crippen LogP contribution is -2.21. The van der Waals surface area contributed by atoms with E-state index in [9.17, 15) is 4.79 Å². The van der Waals surface area contributed by atoms with Crippen LogP contribution < -0.4 is 16.1 Å². The van der Waals surface area contributed by atoms with E-state index >= 15 is 0 Å². The molecule has 26 heavy (non-hydrogen) atoms. The molecule has 3 rings (SSSR count). The van der Waals surface area contributed by atoms with Crippen molar-refractivity contribution >= 4 is 49.8 Å². The lowest BCUT2D eigenvalue weighted by atomic mass is 10.2. The van der Waals surface area contributed by atoms with E-state index in [4.69, 9.17) is 26.6 Å². The summed E-state index contributed by atoms with van der Waals surface area (Å²) in [5.74, 6) is 0.691. The summed E-state index contributed by atoms with van der Waals surface area (Å²) in [4.78, 5) is 23.3. The first-order chi connectivity index (χ1) is 12.5. The zero-order chi connectivity index (χ0) is 18.7. The summed E-state index contributed by atoms with van der Waals surface area (Å²) in [6, 6.07) is -0.241. The van der Waals surface area contributed by atoms with Crippen LogP contribution in [0.4, 0.5) is 11.8 Å². The van der Waals surface area contributed by atoms with Crippen molar-refractivity contribution in [2.45, 2.75) is 37.1 Å². The van der Waals surface area contributed by atoms with Crippen LogP contribution >= 0.6 is 20.6 Å². The molecule has 0 aromatic carbocycles. The van der Waals surface area contributed by atoms with Crippen molar-refractivity contribution in [3.63, 3.8) is 0 Å². The van der Waals surface area contributed by atoms with Gasteiger partial charge in [0.25, 0.3) is 0 Å². The molecule has 0 radical (unpaired) electrons. The van der Waals surface area contributed by atoms with Crippen molar-refractivity contribution in [3.05, 3.63) is 6.33 Å². The normalized spacial score (nSPS) is 24.5. The van der Waals surface area contributed by atoms with Gasteiger partial charge in [-0.15, -0.1) is 11.6 Å².